The van der Waals surface area contributed by atoms with Gasteiger partial charge < -0.3 is 5.32 Å². The van der Waals surface area contributed by atoms with Crippen LogP contribution in [0.1, 0.15) is 0 Å². The molecular weight excluding hydrogens is 213 g/mol. The van der Waals surface area contributed by atoms with Crippen molar-refractivity contribution in [1.29, 1.82) is 0 Å². The largest absolute Gasteiger partial charge is 0.383 e. The van der Waals surface area contributed by atoms with Crippen LogP contribution >= 0.6 is 35.0 Å². The summed E-state index contributed by atoms with van der Waals surface area (Å²) < 4.78 is 0. The Morgan fingerprint density at radius 2 is 2.00 bits per heavy atom. The maximum Gasteiger partial charge on any atom is 0.0613 e. The zero-order valence-corrected chi connectivity index (χ0v) is 8.56. The van der Waals surface area contributed by atoms with E-state index >= 15 is 0 Å². The molecule has 0 spiro atoms. The quantitative estimate of drug-likeness (QED) is 0.717. The topological polar surface area (TPSA) is 12.0 Å². The predicted octanol–water partition coefficient (Wildman–Crippen LogP) is 3.51. The fourth-order valence-corrected chi connectivity index (χ4v) is 2.44. The van der Waals surface area contributed by atoms with E-state index in [-0.39, 0.29) is 0 Å². The summed E-state index contributed by atoms with van der Waals surface area (Å²) in [6.07, 6.45) is 0. The number of halogens is 2. The monoisotopic (exact) mass is 219 g/mol. The molecule has 0 radical (unpaired) electrons. The summed E-state index contributed by atoms with van der Waals surface area (Å²) in [5, 5.41) is 4.51. The maximum atomic E-state index is 5.87. The van der Waals surface area contributed by atoms with Gasteiger partial charge >= 0.3 is 0 Å². The first-order valence-electron chi connectivity index (χ1n) is 3.63. The number of hydrogen-bond donors (Lipinski definition) is 1. The van der Waals surface area contributed by atoms with Crippen molar-refractivity contribution < 1.29 is 0 Å². The highest BCUT2D eigenvalue weighted by molar-refractivity contribution is 7.99. The molecular formula is C8H7Cl2NS. The molecule has 2 rings (SSSR count). The molecule has 0 saturated heterocycles. The molecule has 0 fully saturated rings. The Morgan fingerprint density at radius 3 is 2.83 bits per heavy atom. The van der Waals surface area contributed by atoms with Crippen LogP contribution in [-0.4, -0.2) is 12.3 Å². The lowest BCUT2D eigenvalue weighted by Crippen LogP contribution is -2.09. The lowest BCUT2D eigenvalue weighted by Gasteiger charge is -2.17. The van der Waals surface area contributed by atoms with Crippen LogP contribution in [0.15, 0.2) is 17.0 Å². The molecule has 0 bridgehead atoms. The summed E-state index contributed by atoms with van der Waals surface area (Å²) in [7, 11) is 0. The number of rotatable bonds is 0. The Balaban J connectivity index is 2.49. The van der Waals surface area contributed by atoms with E-state index < -0.39 is 0 Å². The van der Waals surface area contributed by atoms with Crippen LogP contribution in [0.4, 0.5) is 5.69 Å². The highest BCUT2D eigenvalue weighted by atomic mass is 35.5. The van der Waals surface area contributed by atoms with Crippen molar-refractivity contribution in [3.63, 3.8) is 0 Å². The van der Waals surface area contributed by atoms with Gasteiger partial charge in [-0.3, -0.25) is 0 Å². The summed E-state index contributed by atoms with van der Waals surface area (Å²) in [4.78, 5) is 1.19. The van der Waals surface area contributed by atoms with Crippen molar-refractivity contribution in [1.82, 2.24) is 0 Å². The normalized spacial score (nSPS) is 15.2. The fraction of sp³-hybridized carbons (Fsp3) is 0.250. The first-order chi connectivity index (χ1) is 5.77. The van der Waals surface area contributed by atoms with E-state index in [2.05, 4.69) is 5.32 Å². The third-order valence-corrected chi connectivity index (χ3v) is 3.48. The second kappa shape index (κ2) is 3.36. The van der Waals surface area contributed by atoms with Gasteiger partial charge in [-0.15, -0.1) is 11.8 Å². The molecule has 1 nitrogen and oxygen atoms in total. The van der Waals surface area contributed by atoms with Crippen molar-refractivity contribution in [3.05, 3.63) is 22.2 Å². The summed E-state index contributed by atoms with van der Waals surface area (Å²) in [6.45, 7) is 0.996. The van der Waals surface area contributed by atoms with E-state index in [1.165, 1.54) is 4.90 Å². The van der Waals surface area contributed by atoms with Gasteiger partial charge in [-0.1, -0.05) is 23.2 Å². The van der Waals surface area contributed by atoms with Gasteiger partial charge in [-0.05, 0) is 12.1 Å². The minimum atomic E-state index is 0.616. The van der Waals surface area contributed by atoms with E-state index in [0.29, 0.717) is 10.0 Å². The van der Waals surface area contributed by atoms with Gasteiger partial charge in [-0.2, -0.15) is 0 Å². The van der Waals surface area contributed by atoms with E-state index in [1.54, 1.807) is 11.8 Å². The molecule has 0 unspecified atom stereocenters. The number of hydrogen-bond acceptors (Lipinski definition) is 2. The number of thioether (sulfide) groups is 1. The summed E-state index contributed by atoms with van der Waals surface area (Å²) >= 11 is 13.5. The van der Waals surface area contributed by atoms with Crippen LogP contribution in [0.2, 0.25) is 10.0 Å². The van der Waals surface area contributed by atoms with Crippen molar-refractivity contribution >= 4 is 40.7 Å². The minimum Gasteiger partial charge on any atom is -0.383 e. The zero-order chi connectivity index (χ0) is 8.55. The minimum absolute atomic E-state index is 0.616. The standard InChI is InChI=1S/C8H7Cl2NS/c9-5-3-7-8(4-6(5)10)12-2-1-11-7/h3-4,11H,1-2H2. The molecule has 0 saturated carbocycles. The van der Waals surface area contributed by atoms with Gasteiger partial charge in [0.05, 0.1) is 10.0 Å². The molecule has 4 heteroatoms. The lowest BCUT2D eigenvalue weighted by atomic mass is 10.3. The maximum absolute atomic E-state index is 5.87. The predicted molar refractivity (Wildman–Crippen MR) is 55.7 cm³/mol. The van der Waals surface area contributed by atoms with Crippen LogP contribution in [0, 0.1) is 0 Å². The zero-order valence-electron chi connectivity index (χ0n) is 6.23. The van der Waals surface area contributed by atoms with Gasteiger partial charge in [0.25, 0.3) is 0 Å². The van der Waals surface area contributed by atoms with Crippen LogP contribution in [-0.2, 0) is 0 Å². The Bertz CT molecular complexity index is 283. The summed E-state index contributed by atoms with van der Waals surface area (Å²) in [6, 6.07) is 3.79. The van der Waals surface area contributed by atoms with Crippen LogP contribution in [0.5, 0.6) is 0 Å². The number of fused-ring (bicyclic) bond motifs is 1. The molecule has 0 aromatic heterocycles. The smallest absolute Gasteiger partial charge is 0.0613 e. The Labute approximate surface area is 85.4 Å². The average molecular weight is 220 g/mol. The molecule has 1 heterocycles. The third kappa shape index (κ3) is 1.51. The van der Waals surface area contributed by atoms with Gasteiger partial charge in [0.15, 0.2) is 0 Å². The molecule has 64 valence electrons. The van der Waals surface area contributed by atoms with E-state index in [9.17, 15) is 0 Å². The van der Waals surface area contributed by atoms with Crippen molar-refractivity contribution in [3.8, 4) is 0 Å². The Kier molecular flexibility index (Phi) is 2.40. The number of nitrogens with one attached hydrogen (secondary N) is 1. The second-order valence-electron chi connectivity index (χ2n) is 2.54. The molecule has 1 N–H and O–H groups in total. The Hall–Kier alpha value is -0.0500. The van der Waals surface area contributed by atoms with Gasteiger partial charge in [0, 0.05) is 22.9 Å². The number of anilines is 1. The highest BCUT2D eigenvalue weighted by Gasteiger charge is 2.11. The molecule has 12 heavy (non-hydrogen) atoms. The van der Waals surface area contributed by atoms with Crippen molar-refractivity contribution in [2.75, 3.05) is 17.6 Å². The summed E-state index contributed by atoms with van der Waals surface area (Å²) in [5.74, 6) is 1.09. The van der Waals surface area contributed by atoms with E-state index in [4.69, 9.17) is 23.2 Å². The first-order valence-corrected chi connectivity index (χ1v) is 5.37. The Morgan fingerprint density at radius 1 is 1.25 bits per heavy atom. The third-order valence-electron chi connectivity index (χ3n) is 1.70. The molecule has 1 aliphatic rings. The summed E-state index contributed by atoms with van der Waals surface area (Å²) in [5.41, 5.74) is 1.10. The number of benzene rings is 1. The average Bonchev–Trinajstić information content (AvgIpc) is 2.07. The van der Waals surface area contributed by atoms with Crippen LogP contribution < -0.4 is 5.32 Å². The van der Waals surface area contributed by atoms with Gasteiger partial charge in [0.1, 0.15) is 0 Å². The molecule has 0 atom stereocenters. The van der Waals surface area contributed by atoms with Gasteiger partial charge in [-0.25, -0.2) is 0 Å². The fourth-order valence-electron chi connectivity index (χ4n) is 1.13. The van der Waals surface area contributed by atoms with Crippen LogP contribution in [0.25, 0.3) is 0 Å². The van der Waals surface area contributed by atoms with E-state index in [1.807, 2.05) is 12.1 Å². The van der Waals surface area contributed by atoms with Crippen LogP contribution in [0.3, 0.4) is 0 Å². The molecule has 0 aliphatic carbocycles. The van der Waals surface area contributed by atoms with Crippen molar-refractivity contribution in [2.24, 2.45) is 0 Å². The second-order valence-corrected chi connectivity index (χ2v) is 4.49. The molecule has 1 aliphatic heterocycles. The first kappa shape index (κ1) is 8.54. The lowest BCUT2D eigenvalue weighted by molar-refractivity contribution is 1.17. The molecule has 1 aromatic carbocycles. The van der Waals surface area contributed by atoms with Gasteiger partial charge in [0.2, 0.25) is 0 Å². The SMILES string of the molecule is Clc1cc2c(cc1Cl)SCCN2. The van der Waals surface area contributed by atoms with Crippen molar-refractivity contribution in [2.45, 2.75) is 4.90 Å². The molecule has 0 amide bonds. The molecule has 1 aromatic rings. The van der Waals surface area contributed by atoms with E-state index in [0.717, 1.165) is 18.0 Å². The highest BCUT2D eigenvalue weighted by Crippen LogP contribution is 2.36.